The first-order chi connectivity index (χ1) is 7.65. The highest BCUT2D eigenvalue weighted by Gasteiger charge is 2.33. The van der Waals surface area contributed by atoms with Crippen molar-refractivity contribution in [2.24, 2.45) is 0 Å². The first-order valence-electron chi connectivity index (χ1n) is 5.24. The molecule has 0 bridgehead atoms. The molecule has 1 aromatic carbocycles. The predicted octanol–water partition coefficient (Wildman–Crippen LogP) is 2.35. The number of rotatable bonds is 3. The lowest BCUT2D eigenvalue weighted by molar-refractivity contribution is -0.114. The van der Waals surface area contributed by atoms with E-state index in [9.17, 15) is 9.59 Å². The minimum Gasteiger partial charge on any atom is -0.308 e. The van der Waals surface area contributed by atoms with E-state index in [1.54, 1.807) is 24.9 Å². The second-order valence-electron chi connectivity index (χ2n) is 3.72. The molecule has 4 heteroatoms. The van der Waals surface area contributed by atoms with Gasteiger partial charge in [0.1, 0.15) is 0 Å². The number of amides is 1. The summed E-state index contributed by atoms with van der Waals surface area (Å²) in [6.45, 7) is 2.12. The number of hydrogen-bond donors (Lipinski definition) is 0. The minimum atomic E-state index is -0.437. The summed E-state index contributed by atoms with van der Waals surface area (Å²) in [6.07, 6.45) is 1.11. The van der Waals surface area contributed by atoms with Crippen LogP contribution in [0.15, 0.2) is 23.1 Å². The number of thioether (sulfide) groups is 1. The summed E-state index contributed by atoms with van der Waals surface area (Å²) in [4.78, 5) is 25.5. The molecule has 0 atom stereocenters. The molecule has 0 aromatic heterocycles. The summed E-state index contributed by atoms with van der Waals surface area (Å²) in [5.74, 6) is 0.210. The zero-order valence-corrected chi connectivity index (χ0v) is 10.1. The van der Waals surface area contributed by atoms with Crippen molar-refractivity contribution >= 4 is 29.1 Å². The predicted molar refractivity (Wildman–Crippen MR) is 65.2 cm³/mol. The van der Waals surface area contributed by atoms with Gasteiger partial charge in [-0.2, -0.15) is 0 Å². The summed E-state index contributed by atoms with van der Waals surface area (Å²) >= 11 is 1.74. The van der Waals surface area contributed by atoms with E-state index in [-0.39, 0.29) is 0 Å². The van der Waals surface area contributed by atoms with E-state index >= 15 is 0 Å². The van der Waals surface area contributed by atoms with E-state index in [1.807, 2.05) is 12.1 Å². The average Bonchev–Trinajstić information content (AvgIpc) is 2.52. The number of ketones is 1. The van der Waals surface area contributed by atoms with Crippen LogP contribution in [0.3, 0.4) is 0 Å². The van der Waals surface area contributed by atoms with Gasteiger partial charge in [0.15, 0.2) is 0 Å². The highest BCUT2D eigenvalue weighted by Crippen LogP contribution is 2.32. The first-order valence-corrected chi connectivity index (χ1v) is 6.23. The van der Waals surface area contributed by atoms with Crippen molar-refractivity contribution < 1.29 is 9.59 Å². The number of likely N-dealkylation sites (N-methyl/N-ethyl adjacent to an activating group) is 1. The number of hydrogen-bond acceptors (Lipinski definition) is 3. The number of anilines is 1. The van der Waals surface area contributed by atoms with E-state index in [0.717, 1.165) is 22.8 Å². The monoisotopic (exact) mass is 235 g/mol. The van der Waals surface area contributed by atoms with E-state index in [1.165, 1.54) is 4.90 Å². The Labute approximate surface area is 98.8 Å². The third-order valence-corrected chi connectivity index (χ3v) is 3.75. The van der Waals surface area contributed by atoms with E-state index in [4.69, 9.17) is 0 Å². The van der Waals surface area contributed by atoms with E-state index in [2.05, 4.69) is 6.92 Å². The highest BCUT2D eigenvalue weighted by molar-refractivity contribution is 7.99. The lowest BCUT2D eigenvalue weighted by Crippen LogP contribution is -2.24. The maximum atomic E-state index is 11.5. The summed E-state index contributed by atoms with van der Waals surface area (Å²) < 4.78 is 0. The Balaban J connectivity index is 2.34. The van der Waals surface area contributed by atoms with Crippen molar-refractivity contribution in [2.75, 3.05) is 17.7 Å². The normalized spacial score (nSPS) is 14.5. The quantitative estimate of drug-likeness (QED) is 0.596. The summed E-state index contributed by atoms with van der Waals surface area (Å²) in [6, 6.07) is 5.57. The summed E-state index contributed by atoms with van der Waals surface area (Å²) in [5, 5.41) is 0. The van der Waals surface area contributed by atoms with Crippen LogP contribution in [-0.2, 0) is 4.79 Å². The molecule has 0 N–H and O–H groups in total. The largest absolute Gasteiger partial charge is 0.308 e. The molecular formula is C12H13NO2S. The fourth-order valence-electron chi connectivity index (χ4n) is 1.67. The van der Waals surface area contributed by atoms with Gasteiger partial charge >= 0.3 is 0 Å². The molecule has 84 valence electrons. The number of benzene rings is 1. The van der Waals surface area contributed by atoms with Gasteiger partial charge in [-0.25, -0.2) is 0 Å². The maximum absolute atomic E-state index is 11.5. The molecule has 0 spiro atoms. The Morgan fingerprint density at radius 2 is 2.06 bits per heavy atom. The highest BCUT2D eigenvalue weighted by atomic mass is 32.2. The van der Waals surface area contributed by atoms with Crippen LogP contribution in [-0.4, -0.2) is 24.5 Å². The van der Waals surface area contributed by atoms with Crippen LogP contribution in [0, 0.1) is 0 Å². The minimum absolute atomic E-state index is 0.399. The van der Waals surface area contributed by atoms with Gasteiger partial charge in [-0.05, 0) is 30.4 Å². The second-order valence-corrected chi connectivity index (χ2v) is 4.89. The smallest absolute Gasteiger partial charge is 0.299 e. The third kappa shape index (κ3) is 1.73. The van der Waals surface area contributed by atoms with E-state index in [0.29, 0.717) is 5.56 Å². The standard InChI is InChI=1S/C12H13NO2S/c1-3-6-16-8-4-5-9-10(7-8)13(2)12(15)11(9)14/h4-5,7H,3,6H2,1-2H3. The zero-order valence-electron chi connectivity index (χ0n) is 9.32. The van der Waals surface area contributed by atoms with Gasteiger partial charge in [0.05, 0.1) is 11.3 Å². The lowest BCUT2D eigenvalue weighted by Gasteiger charge is -2.09. The first kappa shape index (κ1) is 11.2. The molecule has 0 radical (unpaired) electrons. The van der Waals surface area contributed by atoms with Gasteiger partial charge in [-0.15, -0.1) is 11.8 Å². The molecule has 2 rings (SSSR count). The summed E-state index contributed by atoms with van der Waals surface area (Å²) in [5.41, 5.74) is 1.25. The molecule has 0 saturated heterocycles. The molecule has 0 aliphatic carbocycles. The molecule has 1 aliphatic heterocycles. The van der Waals surface area contributed by atoms with Gasteiger partial charge in [-0.3, -0.25) is 9.59 Å². The van der Waals surface area contributed by atoms with Crippen molar-refractivity contribution in [2.45, 2.75) is 18.2 Å². The maximum Gasteiger partial charge on any atom is 0.299 e. The molecule has 3 nitrogen and oxygen atoms in total. The summed E-state index contributed by atoms with van der Waals surface area (Å²) in [7, 11) is 1.64. The average molecular weight is 235 g/mol. The van der Waals surface area contributed by atoms with Crippen molar-refractivity contribution in [1.82, 2.24) is 0 Å². The number of nitrogens with zero attached hydrogens (tertiary/aromatic N) is 1. The molecule has 1 heterocycles. The van der Waals surface area contributed by atoms with Crippen LogP contribution in [0.4, 0.5) is 5.69 Å². The van der Waals surface area contributed by atoms with Crippen molar-refractivity contribution in [3.8, 4) is 0 Å². The molecule has 0 saturated carbocycles. The Morgan fingerprint density at radius 1 is 1.31 bits per heavy atom. The van der Waals surface area contributed by atoms with E-state index < -0.39 is 11.7 Å². The van der Waals surface area contributed by atoms with Crippen LogP contribution in [0.2, 0.25) is 0 Å². The van der Waals surface area contributed by atoms with Crippen LogP contribution in [0.25, 0.3) is 0 Å². The fraction of sp³-hybridized carbons (Fsp3) is 0.333. The SMILES string of the molecule is CCCSc1ccc2c(c1)N(C)C(=O)C2=O. The van der Waals surface area contributed by atoms with Gasteiger partial charge in [0.2, 0.25) is 0 Å². The molecular weight excluding hydrogens is 222 g/mol. The second kappa shape index (κ2) is 4.29. The molecule has 1 aliphatic rings. The van der Waals surface area contributed by atoms with Crippen LogP contribution < -0.4 is 4.90 Å². The van der Waals surface area contributed by atoms with Crippen molar-refractivity contribution in [3.05, 3.63) is 23.8 Å². The Morgan fingerprint density at radius 3 is 2.75 bits per heavy atom. The topological polar surface area (TPSA) is 37.4 Å². The molecule has 1 amide bonds. The third-order valence-electron chi connectivity index (χ3n) is 2.55. The van der Waals surface area contributed by atoms with Crippen LogP contribution >= 0.6 is 11.8 Å². The lowest BCUT2D eigenvalue weighted by atomic mass is 10.1. The molecule has 1 aromatic rings. The fourth-order valence-corrected chi connectivity index (χ4v) is 2.47. The van der Waals surface area contributed by atoms with Gasteiger partial charge < -0.3 is 4.90 Å². The van der Waals surface area contributed by atoms with Crippen LogP contribution in [0.1, 0.15) is 23.7 Å². The van der Waals surface area contributed by atoms with Gasteiger partial charge in [-0.1, -0.05) is 6.92 Å². The molecule has 16 heavy (non-hydrogen) atoms. The number of Topliss-reactive ketones (excluding diaryl/α,β-unsaturated/α-hetero) is 1. The Hall–Kier alpha value is -1.29. The van der Waals surface area contributed by atoms with Gasteiger partial charge in [0, 0.05) is 11.9 Å². The van der Waals surface area contributed by atoms with Crippen molar-refractivity contribution in [1.29, 1.82) is 0 Å². The Bertz CT molecular complexity index is 456. The van der Waals surface area contributed by atoms with Crippen LogP contribution in [0.5, 0.6) is 0 Å². The molecule has 0 unspecified atom stereocenters. The van der Waals surface area contributed by atoms with Gasteiger partial charge in [0.25, 0.3) is 11.7 Å². The van der Waals surface area contributed by atoms with Crippen molar-refractivity contribution in [3.63, 3.8) is 0 Å². The number of carbonyl (C=O) groups excluding carboxylic acids is 2. The number of carbonyl (C=O) groups is 2. The molecule has 0 fully saturated rings. The zero-order chi connectivity index (χ0) is 11.7. The Kier molecular flexibility index (Phi) is 3.01. The number of fused-ring (bicyclic) bond motifs is 1.